The monoisotopic (exact) mass is 529 g/mol. The molecule has 8 nitrogen and oxygen atoms in total. The summed E-state index contributed by atoms with van der Waals surface area (Å²) in [4.78, 5) is 32.6. The fourth-order valence-electron chi connectivity index (χ4n) is 4.59. The number of carbonyl (C=O) groups excluding carboxylic acids is 1. The van der Waals surface area contributed by atoms with Gasteiger partial charge in [-0.3, -0.25) is 20.0 Å². The van der Waals surface area contributed by atoms with E-state index in [2.05, 4.69) is 4.90 Å². The first-order valence-corrected chi connectivity index (χ1v) is 13.2. The zero-order valence-corrected chi connectivity index (χ0v) is 22.7. The number of nitrogens with zero attached hydrogens (tertiary/aromatic N) is 3. The van der Waals surface area contributed by atoms with E-state index in [0.29, 0.717) is 49.7 Å². The van der Waals surface area contributed by atoms with Crippen LogP contribution >= 0.6 is 0 Å². The lowest BCUT2D eigenvalue weighted by atomic mass is 9.98. The molecule has 8 heteroatoms. The molecule has 0 spiro atoms. The van der Waals surface area contributed by atoms with E-state index in [-0.39, 0.29) is 17.0 Å². The van der Waals surface area contributed by atoms with Crippen LogP contribution in [0.1, 0.15) is 43.0 Å². The highest BCUT2D eigenvalue weighted by Gasteiger charge is 2.30. The Morgan fingerprint density at radius 3 is 2.05 bits per heavy atom. The number of para-hydroxylation sites is 1. The first-order chi connectivity index (χ1) is 18.7. The number of aliphatic imine (C=N–C) groups is 1. The molecule has 1 atom stereocenters. The van der Waals surface area contributed by atoms with Crippen LogP contribution < -0.4 is 0 Å². The maximum absolute atomic E-state index is 13.5. The second-order valence-corrected chi connectivity index (χ2v) is 10.5. The van der Waals surface area contributed by atoms with Gasteiger partial charge in [-0.25, -0.2) is 4.79 Å². The molecule has 1 aliphatic rings. The molecule has 1 fully saturated rings. The normalized spacial score (nSPS) is 14.8. The van der Waals surface area contributed by atoms with Gasteiger partial charge in [-0.15, -0.1) is 0 Å². The van der Waals surface area contributed by atoms with Crippen LogP contribution in [-0.4, -0.2) is 59.5 Å². The summed E-state index contributed by atoms with van der Waals surface area (Å²) in [6.45, 7) is 8.46. The van der Waals surface area contributed by atoms with Crippen molar-refractivity contribution in [2.45, 2.75) is 45.4 Å². The molecule has 0 saturated carbocycles. The number of rotatable bonds is 9. The molecule has 39 heavy (non-hydrogen) atoms. The number of nitro groups is 1. The van der Waals surface area contributed by atoms with Crippen molar-refractivity contribution in [2.24, 2.45) is 4.99 Å². The Labute approximate surface area is 229 Å². The van der Waals surface area contributed by atoms with Crippen LogP contribution in [0.5, 0.6) is 0 Å². The van der Waals surface area contributed by atoms with E-state index >= 15 is 0 Å². The third-order valence-corrected chi connectivity index (χ3v) is 6.35. The van der Waals surface area contributed by atoms with Crippen LogP contribution in [0.25, 0.3) is 0 Å². The van der Waals surface area contributed by atoms with Crippen LogP contribution in [-0.2, 0) is 27.2 Å². The summed E-state index contributed by atoms with van der Waals surface area (Å²) in [7, 11) is 0. The molecule has 0 bridgehead atoms. The number of benzene rings is 3. The van der Waals surface area contributed by atoms with Crippen molar-refractivity contribution in [2.75, 3.05) is 26.3 Å². The SMILES string of the molecule is CC(C)(C)OC(=O)[C@H](Cc1cccc(CN2CCOCC2)c1[N+](=O)[O-])N=C(c1ccccc1)c1ccccc1. The fraction of sp³-hybridized carbons (Fsp3) is 0.355. The van der Waals surface area contributed by atoms with Crippen molar-refractivity contribution < 1.29 is 19.2 Å². The third kappa shape index (κ3) is 7.81. The van der Waals surface area contributed by atoms with Crippen molar-refractivity contribution in [3.63, 3.8) is 0 Å². The zero-order chi connectivity index (χ0) is 27.8. The number of esters is 1. The maximum atomic E-state index is 13.5. The Hall–Kier alpha value is -3.88. The molecule has 0 aromatic heterocycles. The summed E-state index contributed by atoms with van der Waals surface area (Å²) >= 11 is 0. The summed E-state index contributed by atoms with van der Waals surface area (Å²) in [6.07, 6.45) is 0.0331. The lowest BCUT2D eigenvalue weighted by Gasteiger charge is -2.26. The summed E-state index contributed by atoms with van der Waals surface area (Å²) in [5.74, 6) is -0.528. The van der Waals surface area contributed by atoms with Crippen LogP contribution in [0.3, 0.4) is 0 Å². The number of ether oxygens (including phenoxy) is 2. The molecule has 0 aliphatic carbocycles. The largest absolute Gasteiger partial charge is 0.458 e. The smallest absolute Gasteiger partial charge is 0.331 e. The van der Waals surface area contributed by atoms with Crippen LogP contribution in [0, 0.1) is 10.1 Å². The van der Waals surface area contributed by atoms with Crippen molar-refractivity contribution in [1.29, 1.82) is 0 Å². The van der Waals surface area contributed by atoms with E-state index in [9.17, 15) is 14.9 Å². The Morgan fingerprint density at radius 2 is 1.51 bits per heavy atom. The van der Waals surface area contributed by atoms with Crippen molar-refractivity contribution >= 4 is 17.4 Å². The number of morpholine rings is 1. The number of nitro benzene ring substituents is 1. The van der Waals surface area contributed by atoms with Crippen LogP contribution in [0.4, 0.5) is 5.69 Å². The van der Waals surface area contributed by atoms with Crippen molar-refractivity contribution in [3.8, 4) is 0 Å². The average molecular weight is 530 g/mol. The lowest BCUT2D eigenvalue weighted by molar-refractivity contribution is -0.386. The minimum Gasteiger partial charge on any atom is -0.458 e. The van der Waals surface area contributed by atoms with Gasteiger partial charge in [-0.1, -0.05) is 78.9 Å². The van der Waals surface area contributed by atoms with Gasteiger partial charge in [0.05, 0.1) is 23.8 Å². The average Bonchev–Trinajstić information content (AvgIpc) is 2.91. The highest BCUT2D eigenvalue weighted by atomic mass is 16.6. The predicted molar refractivity (Wildman–Crippen MR) is 151 cm³/mol. The topological polar surface area (TPSA) is 94.3 Å². The summed E-state index contributed by atoms with van der Waals surface area (Å²) in [5.41, 5.74) is 2.64. The quantitative estimate of drug-likeness (QED) is 0.163. The molecule has 3 aromatic carbocycles. The third-order valence-electron chi connectivity index (χ3n) is 6.35. The van der Waals surface area contributed by atoms with Gasteiger partial charge >= 0.3 is 5.97 Å². The maximum Gasteiger partial charge on any atom is 0.331 e. The Balaban J connectivity index is 1.77. The number of hydrogen-bond donors (Lipinski definition) is 0. The van der Waals surface area contributed by atoms with Gasteiger partial charge in [0.25, 0.3) is 5.69 Å². The van der Waals surface area contributed by atoms with Gasteiger partial charge in [0.2, 0.25) is 0 Å². The molecule has 1 heterocycles. The number of carbonyl (C=O) groups is 1. The Morgan fingerprint density at radius 1 is 0.949 bits per heavy atom. The summed E-state index contributed by atoms with van der Waals surface area (Å²) < 4.78 is 11.2. The summed E-state index contributed by atoms with van der Waals surface area (Å²) in [5, 5.41) is 12.3. The molecule has 0 unspecified atom stereocenters. The Kier molecular flexibility index (Phi) is 9.22. The molecular formula is C31H35N3O5. The van der Waals surface area contributed by atoms with Gasteiger partial charge in [0, 0.05) is 48.3 Å². The van der Waals surface area contributed by atoms with Gasteiger partial charge in [-0.05, 0) is 20.8 Å². The predicted octanol–water partition coefficient (Wildman–Crippen LogP) is 5.22. The first-order valence-electron chi connectivity index (χ1n) is 13.2. The van der Waals surface area contributed by atoms with Crippen molar-refractivity contribution in [3.05, 3.63) is 111 Å². The van der Waals surface area contributed by atoms with E-state index in [1.165, 1.54) is 0 Å². The van der Waals surface area contributed by atoms with Gasteiger partial charge < -0.3 is 9.47 Å². The molecule has 3 aromatic rings. The minimum absolute atomic E-state index is 0.0220. The van der Waals surface area contributed by atoms with E-state index in [1.54, 1.807) is 32.9 Å². The van der Waals surface area contributed by atoms with Gasteiger partial charge in [0.1, 0.15) is 5.60 Å². The van der Waals surface area contributed by atoms with Crippen molar-refractivity contribution in [1.82, 2.24) is 4.90 Å². The second kappa shape index (κ2) is 12.8. The molecule has 1 aliphatic heterocycles. The van der Waals surface area contributed by atoms with E-state index in [0.717, 1.165) is 11.1 Å². The second-order valence-electron chi connectivity index (χ2n) is 10.5. The van der Waals surface area contributed by atoms with E-state index < -0.39 is 17.6 Å². The first kappa shape index (κ1) is 28.1. The summed E-state index contributed by atoms with van der Waals surface area (Å²) in [6, 6.07) is 23.5. The van der Waals surface area contributed by atoms with Crippen LogP contribution in [0.2, 0.25) is 0 Å². The van der Waals surface area contributed by atoms with E-state index in [1.807, 2.05) is 66.7 Å². The molecule has 204 valence electrons. The minimum atomic E-state index is -0.989. The molecule has 0 radical (unpaired) electrons. The molecule has 0 amide bonds. The molecule has 4 rings (SSSR count). The molecular weight excluding hydrogens is 494 g/mol. The fourth-order valence-corrected chi connectivity index (χ4v) is 4.59. The van der Waals surface area contributed by atoms with Crippen LogP contribution in [0.15, 0.2) is 83.9 Å². The highest BCUT2D eigenvalue weighted by molar-refractivity contribution is 6.13. The van der Waals surface area contributed by atoms with Gasteiger partial charge in [-0.2, -0.15) is 0 Å². The van der Waals surface area contributed by atoms with E-state index in [4.69, 9.17) is 14.5 Å². The molecule has 0 N–H and O–H groups in total. The standard InChI is InChI=1S/C31H35N3O5/c1-31(2,3)39-30(35)27(32-28(23-11-6-4-7-12-23)24-13-8-5-9-14-24)21-25-15-10-16-26(29(25)34(36)37)22-33-17-19-38-20-18-33/h4-16,27H,17-22H2,1-3H3/t27-/m0/s1. The highest BCUT2D eigenvalue weighted by Crippen LogP contribution is 2.28. The number of hydrogen-bond acceptors (Lipinski definition) is 7. The Bertz CT molecular complexity index is 1260. The molecule has 1 saturated heterocycles. The zero-order valence-electron chi connectivity index (χ0n) is 22.7. The van der Waals surface area contributed by atoms with Gasteiger partial charge in [0.15, 0.2) is 6.04 Å². The lowest BCUT2D eigenvalue weighted by Crippen LogP contribution is -2.36.